The first-order chi connectivity index (χ1) is 15.9. The number of ketones is 1. The fourth-order valence-electron chi connectivity index (χ4n) is 3.52. The summed E-state index contributed by atoms with van der Waals surface area (Å²) in [5.74, 6) is -3.20. The molecule has 4 rings (SSSR count). The molecule has 3 N–H and O–H groups in total. The number of primary amides is 1. The summed E-state index contributed by atoms with van der Waals surface area (Å²) >= 11 is 0. The number of pyridine rings is 1. The first-order valence-corrected chi connectivity index (χ1v) is 9.81. The Balaban J connectivity index is 1.63. The minimum Gasteiger partial charge on any atom is -0.496 e. The van der Waals surface area contributed by atoms with Gasteiger partial charge in [-0.3, -0.25) is 19.9 Å². The van der Waals surface area contributed by atoms with Gasteiger partial charge in [-0.25, -0.2) is 9.18 Å². The number of rotatable bonds is 5. The Morgan fingerprint density at radius 2 is 1.91 bits per heavy atom. The number of carbonyl (C=O) groups is 3. The number of carbonyl (C=O) groups excluding carboxylic acids is 3. The Labute approximate surface area is 187 Å². The molecule has 2 amide bonds. The van der Waals surface area contributed by atoms with Gasteiger partial charge < -0.3 is 15.2 Å². The van der Waals surface area contributed by atoms with Crippen molar-refractivity contribution >= 4 is 28.7 Å². The maximum atomic E-state index is 14.9. The molecule has 0 fully saturated rings. The van der Waals surface area contributed by atoms with Gasteiger partial charge in [0.1, 0.15) is 11.5 Å². The Morgan fingerprint density at radius 3 is 2.61 bits per heavy atom. The van der Waals surface area contributed by atoms with Crippen molar-refractivity contribution in [2.75, 3.05) is 7.11 Å². The van der Waals surface area contributed by atoms with Crippen LogP contribution in [-0.2, 0) is 4.79 Å². The number of ether oxygens (including phenoxy) is 2. The first-order valence-electron chi connectivity index (χ1n) is 9.81. The molecule has 1 unspecified atom stereocenters. The van der Waals surface area contributed by atoms with Crippen molar-refractivity contribution in [1.29, 1.82) is 0 Å². The third-order valence-corrected chi connectivity index (χ3v) is 5.08. The fourth-order valence-corrected chi connectivity index (χ4v) is 3.52. The van der Waals surface area contributed by atoms with E-state index in [1.54, 1.807) is 36.4 Å². The molecule has 166 valence electrons. The van der Waals surface area contributed by atoms with Crippen LogP contribution in [0.15, 0.2) is 78.4 Å². The highest BCUT2D eigenvalue weighted by Gasteiger charge is 2.30. The monoisotopic (exact) mass is 447 g/mol. The Kier molecular flexibility index (Phi) is 5.86. The number of amides is 2. The van der Waals surface area contributed by atoms with Gasteiger partial charge in [0.05, 0.1) is 29.8 Å². The first kappa shape index (κ1) is 21.7. The van der Waals surface area contributed by atoms with Crippen LogP contribution in [0.25, 0.3) is 10.9 Å². The van der Waals surface area contributed by atoms with E-state index >= 15 is 0 Å². The van der Waals surface area contributed by atoms with Crippen LogP contribution in [-0.4, -0.2) is 29.9 Å². The van der Waals surface area contributed by atoms with Crippen LogP contribution in [0.1, 0.15) is 21.8 Å². The van der Waals surface area contributed by atoms with Gasteiger partial charge in [0.15, 0.2) is 5.83 Å². The van der Waals surface area contributed by atoms with Gasteiger partial charge in [-0.2, -0.15) is 0 Å². The molecule has 0 aliphatic heterocycles. The maximum absolute atomic E-state index is 14.9. The quantitative estimate of drug-likeness (QED) is 0.617. The largest absolute Gasteiger partial charge is 0.496 e. The van der Waals surface area contributed by atoms with Crippen molar-refractivity contribution < 1.29 is 28.2 Å². The summed E-state index contributed by atoms with van der Waals surface area (Å²) in [5.41, 5.74) is 6.10. The van der Waals surface area contributed by atoms with E-state index in [2.05, 4.69) is 10.3 Å². The van der Waals surface area contributed by atoms with Gasteiger partial charge in [-0.1, -0.05) is 24.3 Å². The highest BCUT2D eigenvalue weighted by atomic mass is 19.1. The van der Waals surface area contributed by atoms with Gasteiger partial charge in [-0.05, 0) is 35.9 Å². The lowest BCUT2D eigenvalue weighted by atomic mass is 9.87. The number of nitrogens with one attached hydrogen (secondary N) is 1. The van der Waals surface area contributed by atoms with E-state index in [-0.39, 0.29) is 22.8 Å². The normalized spacial score (nSPS) is 15.5. The van der Waals surface area contributed by atoms with E-state index in [0.29, 0.717) is 16.5 Å². The van der Waals surface area contributed by atoms with E-state index in [1.165, 1.54) is 37.6 Å². The average Bonchev–Trinajstić information content (AvgIpc) is 2.81. The second kappa shape index (κ2) is 8.91. The van der Waals surface area contributed by atoms with Crippen molar-refractivity contribution in [2.45, 2.75) is 5.92 Å². The van der Waals surface area contributed by atoms with E-state index in [0.717, 1.165) is 0 Å². The molecule has 0 radical (unpaired) electrons. The zero-order chi connectivity index (χ0) is 23.5. The molecule has 33 heavy (non-hydrogen) atoms. The smallest absolute Gasteiger partial charge is 0.417 e. The van der Waals surface area contributed by atoms with Crippen LogP contribution >= 0.6 is 0 Å². The molecule has 1 atom stereocenters. The summed E-state index contributed by atoms with van der Waals surface area (Å²) in [6, 6.07) is 12.8. The van der Waals surface area contributed by atoms with Crippen molar-refractivity contribution in [3.63, 3.8) is 0 Å². The van der Waals surface area contributed by atoms with Crippen LogP contribution in [0.2, 0.25) is 0 Å². The molecule has 1 aliphatic rings. The number of hydrogen-bond acceptors (Lipinski definition) is 6. The highest BCUT2D eigenvalue weighted by molar-refractivity contribution is 6.06. The summed E-state index contributed by atoms with van der Waals surface area (Å²) in [7, 11) is 1.39. The molecule has 0 bridgehead atoms. The van der Waals surface area contributed by atoms with Gasteiger partial charge in [0.2, 0.25) is 5.78 Å². The highest BCUT2D eigenvalue weighted by Crippen LogP contribution is 2.34. The third-order valence-electron chi connectivity index (χ3n) is 5.08. The van der Waals surface area contributed by atoms with E-state index in [4.69, 9.17) is 15.2 Å². The lowest BCUT2D eigenvalue weighted by Crippen LogP contribution is -2.29. The van der Waals surface area contributed by atoms with Crippen LogP contribution < -0.4 is 20.5 Å². The number of aromatic nitrogens is 1. The van der Waals surface area contributed by atoms with Crippen LogP contribution in [0.3, 0.4) is 0 Å². The molecular formula is C24H18FN3O5. The molecule has 2 aromatic carbocycles. The minimum atomic E-state index is -1.12. The van der Waals surface area contributed by atoms with Crippen molar-refractivity contribution in [2.24, 2.45) is 5.73 Å². The molecule has 1 aliphatic carbocycles. The third kappa shape index (κ3) is 4.29. The van der Waals surface area contributed by atoms with Crippen molar-refractivity contribution in [3.8, 4) is 11.5 Å². The maximum Gasteiger partial charge on any atom is 0.417 e. The van der Waals surface area contributed by atoms with Crippen LogP contribution in [0.4, 0.5) is 9.18 Å². The molecule has 0 saturated heterocycles. The molecule has 3 aromatic rings. The fraction of sp³-hybridized carbons (Fsp3) is 0.0833. The molecule has 1 aromatic heterocycles. The topological polar surface area (TPSA) is 121 Å². The summed E-state index contributed by atoms with van der Waals surface area (Å²) in [5, 5.41) is 2.69. The number of fused-ring (bicyclic) bond motifs is 1. The number of hydrogen-bond donors (Lipinski definition) is 2. The lowest BCUT2D eigenvalue weighted by molar-refractivity contribution is -0.117. The summed E-state index contributed by atoms with van der Waals surface area (Å²) < 4.78 is 25.2. The van der Waals surface area contributed by atoms with Gasteiger partial charge in [-0.15, -0.1) is 0 Å². The van der Waals surface area contributed by atoms with Crippen molar-refractivity contribution in [1.82, 2.24) is 10.3 Å². The number of Topliss-reactive ketones (excluding diaryl/α,β-unsaturated/α-hetero) is 1. The minimum absolute atomic E-state index is 0.105. The number of nitrogens with zero attached hydrogens (tertiary/aromatic N) is 1. The molecule has 9 heteroatoms. The van der Waals surface area contributed by atoms with Gasteiger partial charge in [0.25, 0.3) is 5.91 Å². The van der Waals surface area contributed by atoms with Crippen LogP contribution in [0, 0.1) is 0 Å². The number of para-hydroxylation sites is 1. The zero-order valence-electron chi connectivity index (χ0n) is 17.4. The molecule has 0 saturated carbocycles. The second-order valence-corrected chi connectivity index (χ2v) is 7.09. The Bertz CT molecular complexity index is 1330. The summed E-state index contributed by atoms with van der Waals surface area (Å²) in [6.45, 7) is 0. The van der Waals surface area contributed by atoms with Crippen LogP contribution in [0.5, 0.6) is 11.5 Å². The van der Waals surface area contributed by atoms with Gasteiger partial charge in [0, 0.05) is 17.6 Å². The zero-order valence-corrected chi connectivity index (χ0v) is 17.4. The van der Waals surface area contributed by atoms with E-state index in [1.807, 2.05) is 0 Å². The SMILES string of the molecule is COc1cc2nccc(C3C=CC(NC(=O)Oc4ccccc4)=C(F)C3=O)c2cc1C(N)=O. The molecule has 0 spiro atoms. The number of halogens is 1. The summed E-state index contributed by atoms with van der Waals surface area (Å²) in [6.07, 6.45) is 3.27. The van der Waals surface area contributed by atoms with Gasteiger partial charge >= 0.3 is 6.09 Å². The number of allylic oxidation sites excluding steroid dienone is 3. The molecule has 1 heterocycles. The van der Waals surface area contributed by atoms with Crippen molar-refractivity contribution in [3.05, 3.63) is 89.5 Å². The summed E-state index contributed by atoms with van der Waals surface area (Å²) in [4.78, 5) is 41.0. The average molecular weight is 447 g/mol. The number of methoxy groups -OCH3 is 1. The Hall–Kier alpha value is -4.53. The predicted molar refractivity (Wildman–Crippen MR) is 117 cm³/mol. The van der Waals surface area contributed by atoms with E-state index in [9.17, 15) is 18.8 Å². The number of nitrogens with two attached hydrogens (primary N) is 1. The standard InChI is InChI=1S/C24H18FN3O5/c1-32-20-12-19-16(11-17(20)23(26)30)14(9-10-27-19)15-7-8-18(21(25)22(15)29)28-24(31)33-13-5-3-2-4-6-13/h2-12,15H,1H3,(H2,26,30)(H,28,31). The van der Waals surface area contributed by atoms with E-state index < -0.39 is 29.5 Å². The predicted octanol–water partition coefficient (Wildman–Crippen LogP) is 3.53. The molecule has 8 nitrogen and oxygen atoms in total. The lowest BCUT2D eigenvalue weighted by Gasteiger charge is -2.19. The molecular weight excluding hydrogens is 429 g/mol. The number of benzene rings is 2. The second-order valence-electron chi connectivity index (χ2n) is 7.09. The Morgan fingerprint density at radius 1 is 1.15 bits per heavy atom.